The number of aryl methyl sites for hydroxylation is 10. The Balaban J connectivity index is 0.000000126. The minimum absolute atomic E-state index is 0.437. The third kappa shape index (κ3) is 15.9. The Bertz CT molecular complexity index is 5170. The normalized spacial score (nSPS) is 11.1. The van der Waals surface area contributed by atoms with E-state index in [-0.39, 0.29) is 0 Å². The smallest absolute Gasteiger partial charge is 0.260 e. The Morgan fingerprint density at radius 3 is 1.18 bits per heavy atom. The molecule has 15 nitrogen and oxygen atoms in total. The molecule has 0 saturated heterocycles. The van der Waals surface area contributed by atoms with Crippen LogP contribution in [0.4, 0.5) is 0 Å². The van der Waals surface area contributed by atoms with Gasteiger partial charge in [0.1, 0.15) is 31.0 Å². The molecule has 15 aromatic rings. The molecule has 0 aliphatic rings. The summed E-state index contributed by atoms with van der Waals surface area (Å²) in [4.78, 5) is 45.6. The highest BCUT2D eigenvalue weighted by Crippen LogP contribution is 2.29. The Kier molecular flexibility index (Phi) is 21.9. The Morgan fingerprint density at radius 2 is 0.700 bits per heavy atom. The molecule has 5 aromatic carbocycles. The van der Waals surface area contributed by atoms with Crippen molar-refractivity contribution in [2.45, 2.75) is 94.4 Å². The van der Waals surface area contributed by atoms with E-state index >= 15 is 0 Å². The first-order valence-corrected chi connectivity index (χ1v) is 34.2. The van der Waals surface area contributed by atoms with Gasteiger partial charge in [0.25, 0.3) is 16.9 Å². The molecule has 15 heteroatoms. The minimum Gasteiger partial charge on any atom is -0.260 e. The van der Waals surface area contributed by atoms with Crippen LogP contribution in [0.3, 0.4) is 0 Å². The van der Waals surface area contributed by atoms with Gasteiger partial charge in [-0.1, -0.05) is 133 Å². The minimum atomic E-state index is 0.437. The molecule has 0 spiro atoms. The largest absolute Gasteiger partial charge is 0.333 e. The Labute approximate surface area is 587 Å². The number of hydrogen-bond acceptors (Lipinski definition) is 10. The molecular weight excluding hydrogens is 1230 g/mol. The summed E-state index contributed by atoms with van der Waals surface area (Å²) in [6, 6.07) is 51.7. The zero-order valence-corrected chi connectivity index (χ0v) is 60.5. The zero-order valence-electron chi connectivity index (χ0n) is 60.5. The average molecular weight is 1320 g/mol. The van der Waals surface area contributed by atoms with Crippen LogP contribution in [0.2, 0.25) is 0 Å². The van der Waals surface area contributed by atoms with Crippen LogP contribution in [0.5, 0.6) is 0 Å². The van der Waals surface area contributed by atoms with E-state index in [0.717, 1.165) is 113 Å². The molecule has 0 unspecified atom stereocenters. The van der Waals surface area contributed by atoms with Crippen molar-refractivity contribution in [3.8, 4) is 56.9 Å². The van der Waals surface area contributed by atoms with Gasteiger partial charge in [0, 0.05) is 31.0 Å². The van der Waals surface area contributed by atoms with Gasteiger partial charge in [-0.15, -0.1) is 0 Å². The fraction of sp³-hybridized carbons (Fsp3) is 0.235. The van der Waals surface area contributed by atoms with Gasteiger partial charge in [-0.05, 0) is 189 Å². The van der Waals surface area contributed by atoms with Gasteiger partial charge in [0.2, 0.25) is 11.0 Å². The molecule has 0 saturated carbocycles. The third-order valence-corrected chi connectivity index (χ3v) is 17.9. The van der Waals surface area contributed by atoms with Gasteiger partial charge in [0.15, 0.2) is 0 Å². The van der Waals surface area contributed by atoms with E-state index in [1.165, 1.54) is 49.9 Å². The molecule has 0 aliphatic carbocycles. The lowest BCUT2D eigenvalue weighted by Gasteiger charge is -2.08. The van der Waals surface area contributed by atoms with Crippen LogP contribution >= 0.6 is 0 Å². The van der Waals surface area contributed by atoms with Gasteiger partial charge in [0.05, 0.1) is 102 Å². The zero-order chi connectivity index (χ0) is 70.7. The lowest BCUT2D eigenvalue weighted by Crippen LogP contribution is -2.32. The molecule has 15 rings (SSSR count). The van der Waals surface area contributed by atoms with Crippen LogP contribution in [0.1, 0.15) is 97.9 Å². The molecule has 100 heavy (non-hydrogen) atoms. The maximum atomic E-state index is 4.85. The summed E-state index contributed by atoms with van der Waals surface area (Å²) in [6.07, 6.45) is 24.6. The highest BCUT2D eigenvalue weighted by atomic mass is 15.1. The summed E-state index contributed by atoms with van der Waals surface area (Å²) in [7, 11) is 10.2. The lowest BCUT2D eigenvalue weighted by molar-refractivity contribution is -0.661. The number of nitrogens with zero attached hydrogens (tertiary/aromatic N) is 15. The quantitative estimate of drug-likeness (QED) is 0.128. The van der Waals surface area contributed by atoms with Crippen LogP contribution in [0.25, 0.3) is 112 Å². The van der Waals surface area contributed by atoms with E-state index in [2.05, 4.69) is 273 Å². The fourth-order valence-corrected chi connectivity index (χ4v) is 12.5. The molecule has 0 atom stereocenters. The van der Waals surface area contributed by atoms with E-state index in [9.17, 15) is 0 Å². The molecular formula is C85H90N15+5. The fourth-order valence-electron chi connectivity index (χ4n) is 12.5. The van der Waals surface area contributed by atoms with Gasteiger partial charge < -0.3 is 0 Å². The Morgan fingerprint density at radius 1 is 0.310 bits per heavy atom. The summed E-state index contributed by atoms with van der Waals surface area (Å²) < 4.78 is 10.4. The van der Waals surface area contributed by atoms with E-state index in [4.69, 9.17) is 19.9 Å². The van der Waals surface area contributed by atoms with Crippen molar-refractivity contribution in [2.24, 2.45) is 41.2 Å². The van der Waals surface area contributed by atoms with Crippen molar-refractivity contribution < 1.29 is 22.8 Å². The molecule has 0 bridgehead atoms. The molecule has 500 valence electrons. The number of aromatic nitrogens is 15. The van der Waals surface area contributed by atoms with Crippen molar-refractivity contribution in [2.75, 3.05) is 0 Å². The van der Waals surface area contributed by atoms with Crippen molar-refractivity contribution >= 4 is 54.9 Å². The van der Waals surface area contributed by atoms with Crippen LogP contribution in [0, 0.1) is 40.5 Å². The summed E-state index contributed by atoms with van der Waals surface area (Å²) in [5, 5.41) is 5.62. The van der Waals surface area contributed by atoms with Crippen molar-refractivity contribution in [3.63, 3.8) is 0 Å². The third-order valence-electron chi connectivity index (χ3n) is 17.9. The van der Waals surface area contributed by atoms with Crippen LogP contribution in [-0.2, 0) is 41.7 Å². The number of fused-ring (bicyclic) bond motifs is 5. The van der Waals surface area contributed by atoms with Crippen molar-refractivity contribution in [1.82, 2.24) is 49.8 Å². The number of hydrogen-bond donors (Lipinski definition) is 0. The average Bonchev–Trinajstić information content (AvgIpc) is 0.805. The molecule has 10 heterocycles. The van der Waals surface area contributed by atoms with Crippen molar-refractivity contribution in [3.05, 3.63) is 271 Å². The second kappa shape index (κ2) is 31.4. The molecule has 0 fully saturated rings. The topological polar surface area (TPSA) is 148 Å². The molecule has 0 amide bonds. The van der Waals surface area contributed by atoms with Gasteiger partial charge in [-0.2, -0.15) is 0 Å². The molecule has 0 radical (unpaired) electrons. The first kappa shape index (κ1) is 69.9. The van der Waals surface area contributed by atoms with Crippen molar-refractivity contribution in [1.29, 1.82) is 0 Å². The number of pyridine rings is 5. The predicted molar refractivity (Wildman–Crippen MR) is 401 cm³/mol. The second-order valence-electron chi connectivity index (χ2n) is 26.7. The first-order chi connectivity index (χ1) is 48.2. The van der Waals surface area contributed by atoms with Crippen LogP contribution in [0.15, 0.2) is 226 Å². The molecule has 0 N–H and O–H groups in total. The maximum absolute atomic E-state index is 4.85. The lowest BCUT2D eigenvalue weighted by atomic mass is 10.0. The SMILES string of the molecule is Cc1ccccc1-c1nc2cncc(C(C)C)c2c[n+]1C.Cc1ccccc1-c1nc2cnccc2c[n+]1C.Cc1ccccc1-c1nc2nccc(C(C)C)c2c[n+]1C.Cc1ccccc1-c1nc2nccc(CC(C)C)c2c[n+]1C.Cc1ccccc1-c1nc2ncccc2c[n+]1C. The monoisotopic (exact) mass is 1320 g/mol. The van der Waals surface area contributed by atoms with Gasteiger partial charge >= 0.3 is 29.1 Å². The standard InChI is InChI=1S/C19H22N3.2C18H20N3.2C15H14N3/c1-13(2)11-15-9-10-20-18-17(15)12-22(4)19(21-18)16-8-6-5-7-14(16)3;1-12(2)15-9-19-10-17-16(15)11-21(4)18(20-17)14-8-6-5-7-13(14)3;1-12(2)14-9-10-19-17-16(14)11-21(4)18(20-17)15-8-6-5-7-13(15)3;1-11-6-3-4-8-13(11)15-17-14-12(10-18(15)2)7-5-9-16-14;1-11-5-3-4-6-13(11)15-17-14-9-16-8-7-12(14)10-18(15)2/h5-10,12-13H,11H2,1-4H3;2*5-12H,1-4H3;2*3-10H,1-2H3/q5*+1. The predicted octanol–water partition coefficient (Wildman–Crippen LogP) is 15.6. The molecule has 10 aromatic heterocycles. The van der Waals surface area contributed by atoms with Gasteiger partial charge in [-0.3, -0.25) is 9.97 Å². The van der Waals surface area contributed by atoms with E-state index < -0.39 is 0 Å². The maximum Gasteiger partial charge on any atom is 0.333 e. The molecule has 0 aliphatic heterocycles. The highest BCUT2D eigenvalue weighted by molar-refractivity contribution is 5.83. The Hall–Kier alpha value is -11.5. The van der Waals surface area contributed by atoms with Gasteiger partial charge in [-0.25, -0.2) is 37.8 Å². The summed E-state index contributed by atoms with van der Waals surface area (Å²) in [5.41, 5.74) is 20.1. The second-order valence-corrected chi connectivity index (χ2v) is 26.7. The first-order valence-electron chi connectivity index (χ1n) is 34.2. The van der Waals surface area contributed by atoms with Crippen LogP contribution < -0.4 is 22.8 Å². The van der Waals surface area contributed by atoms with E-state index in [0.29, 0.717) is 17.8 Å². The van der Waals surface area contributed by atoms with E-state index in [1.807, 2.05) is 99.0 Å². The summed E-state index contributed by atoms with van der Waals surface area (Å²) in [5.74, 6) is 6.31. The highest BCUT2D eigenvalue weighted by Gasteiger charge is 2.25. The summed E-state index contributed by atoms with van der Waals surface area (Å²) in [6.45, 7) is 23.8. The van der Waals surface area contributed by atoms with Crippen LogP contribution in [-0.4, -0.2) is 49.8 Å². The number of benzene rings is 5. The van der Waals surface area contributed by atoms with E-state index in [1.54, 1.807) is 18.6 Å². The number of rotatable bonds is 9. The summed E-state index contributed by atoms with van der Waals surface area (Å²) >= 11 is 0.